The summed E-state index contributed by atoms with van der Waals surface area (Å²) in [4.78, 5) is 11.7. The van der Waals surface area contributed by atoms with E-state index in [1.54, 1.807) is 0 Å². The molecule has 3 nitrogen and oxygen atoms in total. The van der Waals surface area contributed by atoms with Crippen LogP contribution in [0.4, 0.5) is 8.78 Å². The van der Waals surface area contributed by atoms with E-state index in [4.69, 9.17) is 4.74 Å². The van der Waals surface area contributed by atoms with Crippen molar-refractivity contribution in [1.29, 1.82) is 0 Å². The lowest BCUT2D eigenvalue weighted by atomic mass is 9.57. The fraction of sp³-hybridized carbons (Fsp3) is 0.500. The van der Waals surface area contributed by atoms with Gasteiger partial charge in [0.2, 0.25) is 0 Å². The van der Waals surface area contributed by atoms with Crippen LogP contribution in [0.1, 0.15) is 30.4 Å². The Morgan fingerprint density at radius 2 is 2.21 bits per heavy atom. The fourth-order valence-corrected chi connectivity index (χ4v) is 3.61. The average Bonchev–Trinajstić information content (AvgIpc) is 2.77. The van der Waals surface area contributed by atoms with Crippen LogP contribution in [0.25, 0.3) is 0 Å². The molecule has 2 unspecified atom stereocenters. The van der Waals surface area contributed by atoms with Crippen LogP contribution in [0.3, 0.4) is 0 Å². The van der Waals surface area contributed by atoms with Gasteiger partial charge in [-0.05, 0) is 31.2 Å². The minimum Gasteiger partial charge on any atom is -0.505 e. The maximum absolute atomic E-state index is 14.2. The van der Waals surface area contributed by atoms with Crippen molar-refractivity contribution in [1.82, 2.24) is 0 Å². The first-order chi connectivity index (χ1) is 9.01. The molecule has 1 aromatic rings. The molecule has 2 aliphatic carbocycles. The van der Waals surface area contributed by atoms with Crippen molar-refractivity contribution in [2.75, 3.05) is 7.11 Å². The molecule has 0 bridgehead atoms. The van der Waals surface area contributed by atoms with Crippen LogP contribution in [0.15, 0.2) is 6.07 Å². The highest BCUT2D eigenvalue weighted by Crippen LogP contribution is 2.58. The summed E-state index contributed by atoms with van der Waals surface area (Å²) in [5.74, 6) is -2.89. The number of hydrogen-bond donors (Lipinski definition) is 1. The molecule has 3 rings (SSSR count). The normalized spacial score (nSPS) is 28.1. The van der Waals surface area contributed by atoms with E-state index in [1.807, 2.05) is 0 Å². The lowest BCUT2D eigenvalue weighted by Crippen LogP contribution is -2.48. The Morgan fingerprint density at radius 3 is 2.79 bits per heavy atom. The van der Waals surface area contributed by atoms with E-state index in [0.29, 0.717) is 31.2 Å². The molecule has 0 aromatic heterocycles. The molecular weight excluding hydrogens is 254 g/mol. The van der Waals surface area contributed by atoms with Crippen molar-refractivity contribution in [3.63, 3.8) is 0 Å². The fourth-order valence-electron chi connectivity index (χ4n) is 3.61. The Balaban J connectivity index is 2.14. The van der Waals surface area contributed by atoms with Crippen LogP contribution >= 0.6 is 0 Å². The van der Waals surface area contributed by atoms with Gasteiger partial charge in [-0.25, -0.2) is 8.78 Å². The second-order valence-corrected chi connectivity index (χ2v) is 5.32. The molecular formula is C14H14F2O3. The monoisotopic (exact) mass is 268 g/mol. The van der Waals surface area contributed by atoms with Crippen LogP contribution in [0, 0.1) is 17.6 Å². The summed E-state index contributed by atoms with van der Waals surface area (Å²) >= 11 is 0. The number of aromatic hydroxyl groups is 1. The number of esters is 1. The van der Waals surface area contributed by atoms with Gasteiger partial charge in [0.1, 0.15) is 5.82 Å². The Morgan fingerprint density at radius 1 is 1.47 bits per heavy atom. The number of phenolic OH excluding ortho intramolecular Hbond substituents is 1. The first-order valence-corrected chi connectivity index (χ1v) is 6.29. The molecule has 2 aliphatic rings. The molecule has 0 amide bonds. The zero-order chi connectivity index (χ0) is 13.8. The number of carbonyl (C=O) groups excluding carboxylic acids is 1. The van der Waals surface area contributed by atoms with E-state index in [9.17, 15) is 18.7 Å². The zero-order valence-electron chi connectivity index (χ0n) is 10.5. The van der Waals surface area contributed by atoms with Gasteiger partial charge in [-0.1, -0.05) is 0 Å². The standard InChI is InChI=1S/C14H14F2O3/c1-19-13(18)8-3-5-14(8)4-2-7-9(15)6-10(17)12(16)11(7)14/h6,8,17H,2-5H2,1H3. The molecule has 19 heavy (non-hydrogen) atoms. The van der Waals surface area contributed by atoms with Gasteiger partial charge in [-0.3, -0.25) is 4.79 Å². The summed E-state index contributed by atoms with van der Waals surface area (Å²) in [7, 11) is 1.30. The van der Waals surface area contributed by atoms with Gasteiger partial charge in [-0.2, -0.15) is 0 Å². The first-order valence-electron chi connectivity index (χ1n) is 6.29. The smallest absolute Gasteiger partial charge is 0.309 e. The third kappa shape index (κ3) is 1.44. The number of benzene rings is 1. The lowest BCUT2D eigenvalue weighted by Gasteiger charge is -2.46. The van der Waals surface area contributed by atoms with Crippen LogP contribution in [-0.2, 0) is 21.4 Å². The Hall–Kier alpha value is -1.65. The summed E-state index contributed by atoms with van der Waals surface area (Å²) in [5.41, 5.74) is -0.206. The molecule has 0 heterocycles. The summed E-state index contributed by atoms with van der Waals surface area (Å²) in [6.45, 7) is 0. The Labute approximate surface area is 109 Å². The maximum Gasteiger partial charge on any atom is 0.309 e. The molecule has 1 spiro atoms. The van der Waals surface area contributed by atoms with Gasteiger partial charge in [0.25, 0.3) is 0 Å². The van der Waals surface area contributed by atoms with Gasteiger partial charge >= 0.3 is 5.97 Å². The molecule has 1 fully saturated rings. The molecule has 1 N–H and O–H groups in total. The largest absolute Gasteiger partial charge is 0.505 e. The zero-order valence-corrected chi connectivity index (χ0v) is 10.5. The number of carbonyl (C=O) groups is 1. The molecule has 0 saturated heterocycles. The minimum absolute atomic E-state index is 0.187. The highest BCUT2D eigenvalue weighted by Gasteiger charge is 2.57. The number of phenols is 1. The predicted octanol–water partition coefficient (Wildman–Crippen LogP) is 2.44. The maximum atomic E-state index is 14.2. The van der Waals surface area contributed by atoms with Crippen molar-refractivity contribution in [2.45, 2.75) is 31.1 Å². The highest BCUT2D eigenvalue weighted by atomic mass is 19.1. The van der Waals surface area contributed by atoms with E-state index >= 15 is 0 Å². The highest BCUT2D eigenvalue weighted by molar-refractivity contribution is 5.77. The Bertz CT molecular complexity index is 570. The van der Waals surface area contributed by atoms with Crippen LogP contribution in [0.5, 0.6) is 5.75 Å². The quantitative estimate of drug-likeness (QED) is 0.796. The second-order valence-electron chi connectivity index (χ2n) is 5.32. The molecule has 1 saturated carbocycles. The summed E-state index contributed by atoms with van der Waals surface area (Å²) in [6, 6.07) is 0.805. The van der Waals surface area contributed by atoms with E-state index < -0.39 is 28.7 Å². The molecule has 102 valence electrons. The van der Waals surface area contributed by atoms with E-state index in [-0.39, 0.29) is 11.5 Å². The predicted molar refractivity (Wildman–Crippen MR) is 62.8 cm³/mol. The van der Waals surface area contributed by atoms with Crippen molar-refractivity contribution in [2.24, 2.45) is 5.92 Å². The van der Waals surface area contributed by atoms with E-state index in [2.05, 4.69) is 0 Å². The van der Waals surface area contributed by atoms with Crippen LogP contribution < -0.4 is 0 Å². The van der Waals surface area contributed by atoms with Crippen LogP contribution in [-0.4, -0.2) is 18.2 Å². The molecule has 1 aromatic carbocycles. The molecule has 5 heteroatoms. The number of ether oxygens (including phenoxy) is 1. The number of halogens is 2. The van der Waals surface area contributed by atoms with E-state index in [1.165, 1.54) is 7.11 Å². The lowest BCUT2D eigenvalue weighted by molar-refractivity contribution is -0.153. The van der Waals surface area contributed by atoms with Crippen molar-refractivity contribution >= 4 is 5.97 Å². The molecule has 0 aliphatic heterocycles. The minimum atomic E-state index is -0.789. The average molecular weight is 268 g/mol. The molecule has 0 radical (unpaired) electrons. The summed E-state index contributed by atoms with van der Waals surface area (Å²) in [6.07, 6.45) is 2.16. The number of methoxy groups -OCH3 is 1. The third-order valence-corrected chi connectivity index (χ3v) is 4.65. The van der Waals surface area contributed by atoms with Crippen molar-refractivity contribution < 1.29 is 23.4 Å². The number of rotatable bonds is 1. The topological polar surface area (TPSA) is 46.5 Å². The van der Waals surface area contributed by atoms with Crippen molar-refractivity contribution in [3.8, 4) is 5.75 Å². The molecule has 2 atom stereocenters. The SMILES string of the molecule is COC(=O)C1CCC12CCc1c(F)cc(O)c(F)c12. The third-order valence-electron chi connectivity index (χ3n) is 4.65. The van der Waals surface area contributed by atoms with Gasteiger partial charge in [0.15, 0.2) is 11.6 Å². The van der Waals surface area contributed by atoms with E-state index in [0.717, 1.165) is 6.07 Å². The number of fused-ring (bicyclic) bond motifs is 2. The second kappa shape index (κ2) is 3.92. The Kier molecular flexibility index (Phi) is 2.56. The number of hydrogen-bond acceptors (Lipinski definition) is 3. The first kappa shape index (κ1) is 12.4. The van der Waals surface area contributed by atoms with Gasteiger partial charge in [0.05, 0.1) is 13.0 Å². The van der Waals surface area contributed by atoms with Crippen molar-refractivity contribution in [3.05, 3.63) is 28.8 Å². The van der Waals surface area contributed by atoms with Gasteiger partial charge < -0.3 is 9.84 Å². The van der Waals surface area contributed by atoms with Gasteiger partial charge in [0, 0.05) is 17.0 Å². The van der Waals surface area contributed by atoms with Crippen LogP contribution in [0.2, 0.25) is 0 Å². The summed E-state index contributed by atoms with van der Waals surface area (Å²) < 4.78 is 32.7. The van der Waals surface area contributed by atoms with Gasteiger partial charge in [-0.15, -0.1) is 0 Å². The summed E-state index contributed by atoms with van der Waals surface area (Å²) in [5, 5.41) is 9.47.